The lowest BCUT2D eigenvalue weighted by molar-refractivity contribution is -0.171. The molecule has 4 rings (SSSR count). The van der Waals surface area contributed by atoms with E-state index in [-0.39, 0.29) is 11.5 Å². The van der Waals surface area contributed by atoms with Crippen molar-refractivity contribution in [2.45, 2.75) is 65.9 Å². The minimum atomic E-state index is 0.0117. The van der Waals surface area contributed by atoms with Crippen LogP contribution < -0.4 is 0 Å². The largest absolute Gasteiger partial charge is 0.392 e. The zero-order valence-electron chi connectivity index (χ0n) is 11.7. The van der Waals surface area contributed by atoms with E-state index in [9.17, 15) is 5.11 Å². The Bertz CT molecular complexity index is 400. The molecule has 96 valence electrons. The monoisotopic (exact) mass is 234 g/mol. The van der Waals surface area contributed by atoms with Gasteiger partial charge in [-0.1, -0.05) is 34.1 Å². The van der Waals surface area contributed by atoms with Gasteiger partial charge in [-0.2, -0.15) is 0 Å². The average Bonchev–Trinajstić information content (AvgIpc) is 2.60. The second-order valence-corrected chi connectivity index (χ2v) is 8.75. The first-order valence-corrected chi connectivity index (χ1v) is 7.48. The molecule has 0 aliphatic heterocycles. The van der Waals surface area contributed by atoms with Gasteiger partial charge in [-0.15, -0.1) is 0 Å². The molecule has 1 spiro atoms. The summed E-state index contributed by atoms with van der Waals surface area (Å²) < 4.78 is 0. The maximum Gasteiger partial charge on any atom is 0.0670 e. The molecule has 0 bridgehead atoms. The molecular formula is C16H26O. The number of aliphatic hydroxyl groups excluding tert-OH is 1. The van der Waals surface area contributed by atoms with Crippen LogP contribution in [0.25, 0.3) is 0 Å². The fourth-order valence-corrected chi connectivity index (χ4v) is 7.17. The Morgan fingerprint density at radius 2 is 1.47 bits per heavy atom. The third-order valence-corrected chi connectivity index (χ3v) is 7.67. The molecule has 0 radical (unpaired) electrons. The van der Waals surface area contributed by atoms with Crippen molar-refractivity contribution in [1.82, 2.24) is 0 Å². The molecule has 0 aromatic rings. The van der Waals surface area contributed by atoms with Crippen molar-refractivity contribution in [3.63, 3.8) is 0 Å². The molecule has 4 aliphatic rings. The molecule has 6 atom stereocenters. The minimum absolute atomic E-state index is 0.0117. The second-order valence-electron chi connectivity index (χ2n) is 8.75. The molecule has 4 fully saturated rings. The van der Waals surface area contributed by atoms with Crippen LogP contribution in [0.5, 0.6) is 0 Å². The molecule has 1 heteroatoms. The van der Waals surface area contributed by atoms with E-state index in [0.29, 0.717) is 16.2 Å². The number of hydrogen-bond acceptors (Lipinski definition) is 1. The van der Waals surface area contributed by atoms with Crippen LogP contribution in [-0.4, -0.2) is 11.2 Å². The van der Waals surface area contributed by atoms with Crippen LogP contribution in [0.3, 0.4) is 0 Å². The molecule has 17 heavy (non-hydrogen) atoms. The summed E-state index contributed by atoms with van der Waals surface area (Å²) in [5.41, 5.74) is 1.60. The molecule has 0 heterocycles. The quantitative estimate of drug-likeness (QED) is 0.679. The second kappa shape index (κ2) is 2.48. The van der Waals surface area contributed by atoms with Crippen LogP contribution in [0.1, 0.15) is 59.8 Å². The Labute approximate surface area is 105 Å². The first-order chi connectivity index (χ1) is 7.80. The van der Waals surface area contributed by atoms with Crippen LogP contribution in [0.2, 0.25) is 0 Å². The highest BCUT2D eigenvalue weighted by Crippen LogP contribution is 2.92. The van der Waals surface area contributed by atoms with E-state index in [0.717, 1.165) is 11.8 Å². The smallest absolute Gasteiger partial charge is 0.0670 e. The molecule has 0 aromatic carbocycles. The molecular weight excluding hydrogens is 208 g/mol. The summed E-state index contributed by atoms with van der Waals surface area (Å²) in [5, 5.41) is 10.6. The van der Waals surface area contributed by atoms with Gasteiger partial charge in [0.25, 0.3) is 0 Å². The van der Waals surface area contributed by atoms with Crippen molar-refractivity contribution in [2.24, 2.45) is 33.5 Å². The zero-order valence-corrected chi connectivity index (χ0v) is 11.7. The average molecular weight is 234 g/mol. The third-order valence-electron chi connectivity index (χ3n) is 7.67. The summed E-state index contributed by atoms with van der Waals surface area (Å²) >= 11 is 0. The third kappa shape index (κ3) is 0.810. The lowest BCUT2D eigenvalue weighted by atomic mass is 9.40. The van der Waals surface area contributed by atoms with Gasteiger partial charge in [0.15, 0.2) is 0 Å². The predicted molar refractivity (Wildman–Crippen MR) is 68.5 cm³/mol. The van der Waals surface area contributed by atoms with E-state index in [1.165, 1.54) is 32.1 Å². The summed E-state index contributed by atoms with van der Waals surface area (Å²) in [6, 6.07) is 0. The lowest BCUT2D eigenvalue weighted by Gasteiger charge is -2.63. The van der Waals surface area contributed by atoms with Crippen molar-refractivity contribution in [2.75, 3.05) is 0 Å². The van der Waals surface area contributed by atoms with E-state index in [4.69, 9.17) is 0 Å². The maximum atomic E-state index is 10.6. The van der Waals surface area contributed by atoms with Gasteiger partial charge in [-0.3, -0.25) is 0 Å². The minimum Gasteiger partial charge on any atom is -0.392 e. The summed E-state index contributed by atoms with van der Waals surface area (Å²) in [6.45, 7) is 9.74. The van der Waals surface area contributed by atoms with Gasteiger partial charge in [0.1, 0.15) is 0 Å². The Kier molecular flexibility index (Phi) is 1.58. The first-order valence-electron chi connectivity index (χ1n) is 7.48. The van der Waals surface area contributed by atoms with E-state index in [2.05, 4.69) is 27.7 Å². The summed E-state index contributed by atoms with van der Waals surface area (Å²) in [6.07, 6.45) is 6.76. The standard InChI is InChI=1S/C16H26O/c1-13(2)8-10-11(9-13)16-12(17)15(16,4)7-5-6-14(10,16)3/h10-12,17H,5-9H2,1-4H3. The van der Waals surface area contributed by atoms with Crippen LogP contribution in [0.4, 0.5) is 0 Å². The van der Waals surface area contributed by atoms with Gasteiger partial charge in [-0.05, 0) is 48.3 Å². The van der Waals surface area contributed by atoms with E-state index in [1.54, 1.807) is 0 Å². The first kappa shape index (κ1) is 10.8. The molecule has 4 saturated carbocycles. The number of fused-ring (bicyclic) bond motifs is 2. The molecule has 6 unspecified atom stereocenters. The summed E-state index contributed by atoms with van der Waals surface area (Å²) in [7, 11) is 0. The van der Waals surface area contributed by atoms with Gasteiger partial charge in [0.05, 0.1) is 6.10 Å². The fraction of sp³-hybridized carbons (Fsp3) is 1.00. The lowest BCUT2D eigenvalue weighted by Crippen LogP contribution is -2.59. The van der Waals surface area contributed by atoms with Gasteiger partial charge < -0.3 is 5.11 Å². The van der Waals surface area contributed by atoms with Crippen molar-refractivity contribution in [1.29, 1.82) is 0 Å². The van der Waals surface area contributed by atoms with Crippen molar-refractivity contribution in [3.8, 4) is 0 Å². The highest BCUT2D eigenvalue weighted by atomic mass is 16.3. The van der Waals surface area contributed by atoms with Crippen LogP contribution in [-0.2, 0) is 0 Å². The van der Waals surface area contributed by atoms with Crippen LogP contribution in [0, 0.1) is 33.5 Å². The molecule has 4 aliphatic carbocycles. The predicted octanol–water partition coefficient (Wildman–Crippen LogP) is 3.61. The molecule has 0 aromatic heterocycles. The van der Waals surface area contributed by atoms with Gasteiger partial charge >= 0.3 is 0 Å². The Morgan fingerprint density at radius 1 is 0.882 bits per heavy atom. The molecule has 0 saturated heterocycles. The number of hydrogen-bond donors (Lipinski definition) is 1. The van der Waals surface area contributed by atoms with Gasteiger partial charge in [-0.25, -0.2) is 0 Å². The van der Waals surface area contributed by atoms with Crippen molar-refractivity contribution >= 4 is 0 Å². The maximum absolute atomic E-state index is 10.6. The highest BCUT2D eigenvalue weighted by molar-refractivity contribution is 5.38. The number of rotatable bonds is 0. The Balaban J connectivity index is 1.80. The van der Waals surface area contributed by atoms with Crippen molar-refractivity contribution in [3.05, 3.63) is 0 Å². The summed E-state index contributed by atoms with van der Waals surface area (Å²) in [5.74, 6) is 1.75. The Hall–Kier alpha value is -0.0400. The Morgan fingerprint density at radius 3 is 2.18 bits per heavy atom. The SMILES string of the molecule is CC1(C)CC2C(C1)C13C(O)C1(C)CCCC23C. The van der Waals surface area contributed by atoms with E-state index >= 15 is 0 Å². The molecule has 1 nitrogen and oxygen atoms in total. The topological polar surface area (TPSA) is 20.2 Å². The van der Waals surface area contributed by atoms with E-state index < -0.39 is 0 Å². The van der Waals surface area contributed by atoms with Crippen molar-refractivity contribution < 1.29 is 5.11 Å². The number of aliphatic hydroxyl groups is 1. The molecule has 1 N–H and O–H groups in total. The molecule has 0 amide bonds. The van der Waals surface area contributed by atoms with Gasteiger partial charge in [0, 0.05) is 10.8 Å². The van der Waals surface area contributed by atoms with Crippen LogP contribution >= 0.6 is 0 Å². The zero-order chi connectivity index (χ0) is 12.3. The highest BCUT2D eigenvalue weighted by Gasteiger charge is 2.91. The fourth-order valence-electron chi connectivity index (χ4n) is 7.17. The summed E-state index contributed by atoms with van der Waals surface area (Å²) in [4.78, 5) is 0. The van der Waals surface area contributed by atoms with Crippen LogP contribution in [0.15, 0.2) is 0 Å². The van der Waals surface area contributed by atoms with E-state index in [1.807, 2.05) is 0 Å². The van der Waals surface area contributed by atoms with Gasteiger partial charge in [0.2, 0.25) is 0 Å². The normalized spacial score (nSPS) is 66.5.